The van der Waals surface area contributed by atoms with E-state index in [4.69, 9.17) is 0 Å². The highest BCUT2D eigenvalue weighted by atomic mass is 31.1. The molecule has 0 saturated heterocycles. The van der Waals surface area contributed by atoms with Crippen LogP contribution < -0.4 is 42.5 Å². The van der Waals surface area contributed by atoms with Crippen LogP contribution in [0.3, 0.4) is 0 Å². The first-order valence-electron chi connectivity index (χ1n) is 17.4. The van der Waals surface area contributed by atoms with Crippen LogP contribution in [0.1, 0.15) is 47.8 Å². The number of rotatable bonds is 11. The fourth-order valence-electron chi connectivity index (χ4n) is 6.99. The lowest BCUT2D eigenvalue weighted by Crippen LogP contribution is -2.53. The third-order valence-corrected chi connectivity index (χ3v) is 14.4. The van der Waals surface area contributed by atoms with E-state index in [1.54, 1.807) is 0 Å². The Bertz CT molecular complexity index is 1900. The SMILES string of the molecule is O=C(N[C@@H]1CCCC[C@H]1N[C@@H](O)c1ccccc1P(c1ccccc1)c1ccccc1)c1ccccc1P(c1ccccc1)c1ccccc1. The van der Waals surface area contributed by atoms with Gasteiger partial charge in [-0.3, -0.25) is 10.1 Å². The van der Waals surface area contributed by atoms with Crippen molar-refractivity contribution in [2.24, 2.45) is 0 Å². The number of nitrogens with one attached hydrogen (secondary N) is 2. The third kappa shape index (κ3) is 7.81. The van der Waals surface area contributed by atoms with Crippen LogP contribution in [0.15, 0.2) is 170 Å². The Morgan fingerprint density at radius 3 is 1.44 bits per heavy atom. The van der Waals surface area contributed by atoms with Crippen molar-refractivity contribution in [3.05, 3.63) is 181 Å². The highest BCUT2D eigenvalue weighted by Gasteiger charge is 2.31. The number of carbonyl (C=O) groups is 1. The molecule has 50 heavy (non-hydrogen) atoms. The molecule has 250 valence electrons. The van der Waals surface area contributed by atoms with Gasteiger partial charge in [0.2, 0.25) is 0 Å². The standard InChI is InChI=1S/C44H42N2O2P2/c47-43(37-27-13-17-31-41(37)49(33-19-5-1-6-20-33)34-21-7-2-8-22-34)45-39-29-15-16-30-40(39)46-44(48)38-28-14-18-32-42(38)50(35-23-9-3-10-24-35)36-25-11-4-12-26-36/h1-14,17-28,31-32,39-40,43,45,47H,15-16,29-30H2,(H,46,48)/t39-,40-,43+/m1/s1. The van der Waals surface area contributed by atoms with Crippen LogP contribution >= 0.6 is 15.8 Å². The summed E-state index contributed by atoms with van der Waals surface area (Å²) in [5, 5.41) is 26.0. The smallest absolute Gasteiger partial charge is 0.252 e. The molecule has 0 unspecified atom stereocenters. The van der Waals surface area contributed by atoms with E-state index in [1.165, 1.54) is 21.2 Å². The first-order valence-corrected chi connectivity index (χ1v) is 20.1. The van der Waals surface area contributed by atoms with Gasteiger partial charge in [-0.25, -0.2) is 0 Å². The Labute approximate surface area is 298 Å². The van der Waals surface area contributed by atoms with E-state index in [0.29, 0.717) is 5.56 Å². The van der Waals surface area contributed by atoms with Gasteiger partial charge in [0.05, 0.1) is 0 Å². The summed E-state index contributed by atoms with van der Waals surface area (Å²) in [6.07, 6.45) is 2.92. The summed E-state index contributed by atoms with van der Waals surface area (Å²) in [5.74, 6) is -0.0646. The van der Waals surface area contributed by atoms with Gasteiger partial charge in [-0.15, -0.1) is 0 Å². The molecule has 6 heteroatoms. The summed E-state index contributed by atoms with van der Waals surface area (Å²) in [6, 6.07) is 58.3. The molecule has 0 aliphatic heterocycles. The van der Waals surface area contributed by atoms with E-state index >= 15 is 0 Å². The Morgan fingerprint density at radius 1 is 0.520 bits per heavy atom. The Balaban J connectivity index is 1.15. The molecule has 4 nitrogen and oxygen atoms in total. The van der Waals surface area contributed by atoms with Gasteiger partial charge in [-0.1, -0.05) is 177 Å². The maximum Gasteiger partial charge on any atom is 0.252 e. The first kappa shape index (κ1) is 34.0. The first-order chi connectivity index (χ1) is 24.7. The monoisotopic (exact) mass is 692 g/mol. The molecule has 1 saturated carbocycles. The predicted octanol–water partition coefficient (Wildman–Crippen LogP) is 6.52. The molecule has 0 heterocycles. The Kier molecular flexibility index (Phi) is 11.2. The van der Waals surface area contributed by atoms with E-state index in [9.17, 15) is 9.90 Å². The number of hydrogen-bond donors (Lipinski definition) is 3. The topological polar surface area (TPSA) is 61.4 Å². The number of benzene rings is 6. The maximum atomic E-state index is 14.3. The van der Waals surface area contributed by atoms with E-state index in [0.717, 1.165) is 41.9 Å². The number of amides is 1. The highest BCUT2D eigenvalue weighted by Crippen LogP contribution is 2.36. The second-order valence-corrected chi connectivity index (χ2v) is 17.0. The number of carbonyl (C=O) groups excluding carboxylic acids is 1. The van der Waals surface area contributed by atoms with E-state index in [2.05, 4.69) is 126 Å². The number of hydrogen-bond acceptors (Lipinski definition) is 3. The Hall–Kier alpha value is -4.43. The second-order valence-electron chi connectivity index (χ2n) is 12.6. The van der Waals surface area contributed by atoms with Crippen molar-refractivity contribution in [2.75, 3.05) is 0 Å². The van der Waals surface area contributed by atoms with Crippen molar-refractivity contribution < 1.29 is 9.90 Å². The molecular formula is C44H42N2O2P2. The third-order valence-electron chi connectivity index (χ3n) is 9.37. The van der Waals surface area contributed by atoms with Crippen LogP contribution in [0.5, 0.6) is 0 Å². The molecule has 6 aromatic rings. The van der Waals surface area contributed by atoms with Crippen molar-refractivity contribution in [1.82, 2.24) is 10.6 Å². The van der Waals surface area contributed by atoms with Crippen LogP contribution in [0.2, 0.25) is 0 Å². The fourth-order valence-corrected chi connectivity index (χ4v) is 11.9. The summed E-state index contributed by atoms with van der Waals surface area (Å²) in [4.78, 5) is 14.3. The van der Waals surface area contributed by atoms with Gasteiger partial charge in [-0.2, -0.15) is 0 Å². The lowest BCUT2D eigenvalue weighted by Gasteiger charge is -2.35. The van der Waals surface area contributed by atoms with Crippen molar-refractivity contribution in [2.45, 2.75) is 44.0 Å². The molecule has 7 rings (SSSR count). The van der Waals surface area contributed by atoms with Gasteiger partial charge in [-0.05, 0) is 66.6 Å². The van der Waals surface area contributed by atoms with E-state index in [1.807, 2.05) is 54.6 Å². The summed E-state index contributed by atoms with van der Waals surface area (Å²) < 4.78 is 0. The highest BCUT2D eigenvalue weighted by molar-refractivity contribution is 7.80. The Morgan fingerprint density at radius 2 is 0.920 bits per heavy atom. The van der Waals surface area contributed by atoms with E-state index < -0.39 is 22.1 Å². The summed E-state index contributed by atoms with van der Waals surface area (Å²) in [5.41, 5.74) is 1.58. The van der Waals surface area contributed by atoms with Crippen LogP contribution in [-0.4, -0.2) is 23.1 Å². The number of aliphatic hydroxyl groups excluding tert-OH is 1. The van der Waals surface area contributed by atoms with Crippen molar-refractivity contribution in [3.63, 3.8) is 0 Å². The van der Waals surface area contributed by atoms with Gasteiger partial charge in [0.15, 0.2) is 0 Å². The zero-order valence-electron chi connectivity index (χ0n) is 28.0. The van der Waals surface area contributed by atoms with Crippen LogP contribution in [-0.2, 0) is 0 Å². The molecule has 3 N–H and O–H groups in total. The van der Waals surface area contributed by atoms with Crippen LogP contribution in [0.25, 0.3) is 0 Å². The van der Waals surface area contributed by atoms with Crippen molar-refractivity contribution >= 4 is 53.6 Å². The number of aliphatic hydroxyl groups is 1. The molecule has 1 aliphatic rings. The molecule has 6 aromatic carbocycles. The van der Waals surface area contributed by atoms with Gasteiger partial charge >= 0.3 is 0 Å². The predicted molar refractivity (Wildman–Crippen MR) is 212 cm³/mol. The lowest BCUT2D eigenvalue weighted by atomic mass is 9.89. The summed E-state index contributed by atoms with van der Waals surface area (Å²) >= 11 is 0. The van der Waals surface area contributed by atoms with Gasteiger partial charge < -0.3 is 10.4 Å². The maximum absolute atomic E-state index is 14.3. The summed E-state index contributed by atoms with van der Waals surface area (Å²) in [7, 11) is -1.84. The zero-order chi connectivity index (χ0) is 34.1. The largest absolute Gasteiger partial charge is 0.374 e. The molecule has 0 spiro atoms. The zero-order valence-corrected chi connectivity index (χ0v) is 29.8. The van der Waals surface area contributed by atoms with Crippen LogP contribution in [0.4, 0.5) is 0 Å². The normalized spacial score (nSPS) is 16.6. The summed E-state index contributed by atoms with van der Waals surface area (Å²) in [6.45, 7) is 0. The minimum absolute atomic E-state index is 0.0646. The minimum atomic E-state index is -0.941. The van der Waals surface area contributed by atoms with Crippen molar-refractivity contribution in [3.8, 4) is 0 Å². The average Bonchev–Trinajstić information content (AvgIpc) is 3.18. The molecule has 1 aliphatic carbocycles. The molecule has 1 amide bonds. The second kappa shape index (κ2) is 16.5. The van der Waals surface area contributed by atoms with Crippen molar-refractivity contribution in [1.29, 1.82) is 0 Å². The minimum Gasteiger partial charge on any atom is -0.374 e. The average molecular weight is 693 g/mol. The molecule has 1 fully saturated rings. The van der Waals surface area contributed by atoms with Gasteiger partial charge in [0.25, 0.3) is 5.91 Å². The molecular weight excluding hydrogens is 650 g/mol. The molecule has 0 radical (unpaired) electrons. The molecule has 0 bridgehead atoms. The van der Waals surface area contributed by atoms with Crippen LogP contribution in [0, 0.1) is 0 Å². The van der Waals surface area contributed by atoms with E-state index in [-0.39, 0.29) is 18.0 Å². The molecule has 3 atom stereocenters. The quantitative estimate of drug-likeness (QED) is 0.107. The van der Waals surface area contributed by atoms with Gasteiger partial charge in [0, 0.05) is 23.2 Å². The lowest BCUT2D eigenvalue weighted by molar-refractivity contribution is 0.0841. The molecule has 0 aromatic heterocycles. The van der Waals surface area contributed by atoms with Gasteiger partial charge in [0.1, 0.15) is 6.23 Å². The fraction of sp³-hybridized carbons (Fsp3) is 0.159.